The molecule has 0 radical (unpaired) electrons. The maximum Gasteiger partial charge on any atom is 0.573 e. The number of hydrogen-bond acceptors (Lipinski definition) is 6. The first-order chi connectivity index (χ1) is 18.2. The van der Waals surface area contributed by atoms with Gasteiger partial charge in [0, 0.05) is 11.8 Å². The van der Waals surface area contributed by atoms with Gasteiger partial charge in [0.25, 0.3) is 0 Å². The molecule has 39 heavy (non-hydrogen) atoms. The fourth-order valence-electron chi connectivity index (χ4n) is 4.15. The van der Waals surface area contributed by atoms with Crippen molar-refractivity contribution < 1.29 is 35.9 Å². The number of fused-ring (bicyclic) bond motifs is 1. The fourth-order valence-corrected chi connectivity index (χ4v) is 4.15. The van der Waals surface area contributed by atoms with Gasteiger partial charge in [-0.25, -0.2) is 19.3 Å². The van der Waals surface area contributed by atoms with Gasteiger partial charge in [-0.3, -0.25) is 5.32 Å². The normalized spacial score (nSPS) is 14.8. The van der Waals surface area contributed by atoms with E-state index in [1.54, 1.807) is 17.6 Å². The lowest BCUT2D eigenvalue weighted by Gasteiger charge is -2.17. The summed E-state index contributed by atoms with van der Waals surface area (Å²) >= 11 is 0. The fraction of sp³-hybridized carbons (Fsp3) is 0.250. The van der Waals surface area contributed by atoms with Crippen molar-refractivity contribution in [3.8, 4) is 16.9 Å². The van der Waals surface area contributed by atoms with Gasteiger partial charge in [-0.1, -0.05) is 12.1 Å². The maximum atomic E-state index is 13.3. The predicted octanol–water partition coefficient (Wildman–Crippen LogP) is 5.61. The van der Waals surface area contributed by atoms with Crippen LogP contribution in [0.2, 0.25) is 0 Å². The van der Waals surface area contributed by atoms with Crippen LogP contribution in [0, 0.1) is 6.92 Å². The molecule has 2 amide bonds. The first-order valence-electron chi connectivity index (χ1n) is 11.4. The molecule has 1 saturated carbocycles. The van der Waals surface area contributed by atoms with Crippen molar-refractivity contribution in [2.45, 2.75) is 37.8 Å². The molecule has 4 aromatic rings. The van der Waals surface area contributed by atoms with Crippen LogP contribution < -0.4 is 21.1 Å². The van der Waals surface area contributed by atoms with E-state index in [4.69, 9.17) is 5.73 Å². The molecular weight excluding hydrogens is 532 g/mol. The number of halogens is 6. The summed E-state index contributed by atoms with van der Waals surface area (Å²) in [5, 5.41) is 8.42. The Morgan fingerprint density at radius 1 is 1.10 bits per heavy atom. The monoisotopic (exact) mass is 551 g/mol. The molecule has 0 atom stereocenters. The SMILES string of the molecule is Cc1cn2ncnc(C3(N)CC3)c2c1-c1ccc(NC(=O)Nc2cccc(C(F)(F)F)n2)c(OC(F)(F)F)c1. The van der Waals surface area contributed by atoms with Gasteiger partial charge in [-0.2, -0.15) is 18.3 Å². The van der Waals surface area contributed by atoms with Gasteiger partial charge in [0.1, 0.15) is 17.8 Å². The van der Waals surface area contributed by atoms with E-state index < -0.39 is 47.1 Å². The molecule has 5 rings (SSSR count). The molecule has 0 aliphatic heterocycles. The number of benzene rings is 1. The number of aryl methyl sites for hydroxylation is 1. The molecule has 0 unspecified atom stereocenters. The average molecular weight is 551 g/mol. The molecular formula is C24H19F6N7O2. The molecule has 15 heteroatoms. The second kappa shape index (κ2) is 9.11. The lowest BCUT2D eigenvalue weighted by Crippen LogP contribution is -2.23. The summed E-state index contributed by atoms with van der Waals surface area (Å²) in [6.45, 7) is 1.75. The quantitative estimate of drug-likeness (QED) is 0.278. The third kappa shape index (κ3) is 5.43. The number of rotatable bonds is 5. The van der Waals surface area contributed by atoms with E-state index in [9.17, 15) is 31.1 Å². The third-order valence-corrected chi connectivity index (χ3v) is 6.05. The van der Waals surface area contributed by atoms with Crippen LogP contribution >= 0.6 is 0 Å². The summed E-state index contributed by atoms with van der Waals surface area (Å²) in [6, 6.07) is 5.40. The van der Waals surface area contributed by atoms with E-state index in [2.05, 4.69) is 30.4 Å². The number of nitrogens with two attached hydrogens (primary N) is 1. The van der Waals surface area contributed by atoms with E-state index in [1.165, 1.54) is 18.5 Å². The van der Waals surface area contributed by atoms with Gasteiger partial charge >= 0.3 is 18.6 Å². The summed E-state index contributed by atoms with van der Waals surface area (Å²) in [5.74, 6) is -1.21. The molecule has 3 heterocycles. The van der Waals surface area contributed by atoms with Crippen molar-refractivity contribution in [3.63, 3.8) is 0 Å². The van der Waals surface area contributed by atoms with Gasteiger partial charge < -0.3 is 15.8 Å². The van der Waals surface area contributed by atoms with Crippen molar-refractivity contribution in [3.05, 3.63) is 65.9 Å². The first kappa shape index (κ1) is 26.2. The summed E-state index contributed by atoms with van der Waals surface area (Å²) in [5.41, 5.74) is 6.64. The molecule has 0 bridgehead atoms. The highest BCUT2D eigenvalue weighted by atomic mass is 19.4. The number of carbonyl (C=O) groups is 1. The number of anilines is 2. The second-order valence-electron chi connectivity index (χ2n) is 8.99. The number of urea groups is 1. The highest BCUT2D eigenvalue weighted by Gasteiger charge is 2.44. The Labute approximate surface area is 216 Å². The summed E-state index contributed by atoms with van der Waals surface area (Å²) < 4.78 is 84.3. The second-order valence-corrected chi connectivity index (χ2v) is 8.99. The van der Waals surface area contributed by atoms with Gasteiger partial charge in [0.15, 0.2) is 5.75 Å². The highest BCUT2D eigenvalue weighted by molar-refractivity contribution is 6.00. The van der Waals surface area contributed by atoms with E-state index in [-0.39, 0.29) is 0 Å². The Morgan fingerprint density at radius 2 is 1.85 bits per heavy atom. The highest BCUT2D eigenvalue weighted by Crippen LogP contribution is 2.46. The zero-order chi connectivity index (χ0) is 28.2. The lowest BCUT2D eigenvalue weighted by molar-refractivity contribution is -0.274. The minimum atomic E-state index is -5.12. The smallest absolute Gasteiger partial charge is 0.404 e. The van der Waals surface area contributed by atoms with Crippen LogP contribution in [-0.4, -0.2) is 32.0 Å². The number of aromatic nitrogens is 4. The van der Waals surface area contributed by atoms with Crippen LogP contribution in [0.25, 0.3) is 16.6 Å². The van der Waals surface area contributed by atoms with Crippen LogP contribution in [0.4, 0.5) is 42.6 Å². The number of nitrogens with zero attached hydrogens (tertiary/aromatic N) is 4. The predicted molar refractivity (Wildman–Crippen MR) is 127 cm³/mol. The molecule has 1 aliphatic carbocycles. The Hall–Kier alpha value is -4.40. The number of hydrogen-bond donors (Lipinski definition) is 3. The number of alkyl halides is 6. The summed E-state index contributed by atoms with van der Waals surface area (Å²) in [6.07, 6.45) is -5.47. The molecule has 1 fully saturated rings. The number of ether oxygens (including phenoxy) is 1. The summed E-state index contributed by atoms with van der Waals surface area (Å²) in [4.78, 5) is 20.1. The van der Waals surface area contributed by atoms with Gasteiger partial charge in [-0.05, 0) is 55.2 Å². The number of amides is 2. The standard InChI is InChI=1S/C24H19F6N7O2/c1-12-10-37-19(20(32-11-33-37)22(31)7-8-22)18(12)13-5-6-14(15(9-13)39-24(28,29)30)34-21(38)36-17-4-2-3-16(35-17)23(25,26)27/h2-6,9-11H,7-8,31H2,1H3,(H2,34,35,36,38). The lowest BCUT2D eigenvalue weighted by atomic mass is 9.99. The molecule has 0 spiro atoms. The zero-order valence-corrected chi connectivity index (χ0v) is 20.0. The first-order valence-corrected chi connectivity index (χ1v) is 11.4. The van der Waals surface area contributed by atoms with Crippen molar-refractivity contribution >= 4 is 23.1 Å². The minimum absolute atomic E-state index is 0.306. The summed E-state index contributed by atoms with van der Waals surface area (Å²) in [7, 11) is 0. The Bertz CT molecular complexity index is 1580. The van der Waals surface area contributed by atoms with E-state index in [0.29, 0.717) is 46.8 Å². The number of nitrogens with one attached hydrogen (secondary N) is 2. The topological polar surface area (TPSA) is 119 Å². The molecule has 1 aliphatic rings. The molecule has 4 N–H and O–H groups in total. The van der Waals surface area contributed by atoms with E-state index in [0.717, 1.165) is 18.2 Å². The maximum absolute atomic E-state index is 13.3. The number of pyridine rings is 1. The van der Waals surface area contributed by atoms with Crippen molar-refractivity contribution in [1.29, 1.82) is 0 Å². The molecule has 204 valence electrons. The van der Waals surface area contributed by atoms with Crippen molar-refractivity contribution in [1.82, 2.24) is 19.6 Å². The van der Waals surface area contributed by atoms with Crippen LogP contribution in [-0.2, 0) is 11.7 Å². The molecule has 3 aromatic heterocycles. The Balaban J connectivity index is 1.50. The third-order valence-electron chi connectivity index (χ3n) is 6.05. The Kier molecular flexibility index (Phi) is 6.13. The van der Waals surface area contributed by atoms with Gasteiger partial charge in [-0.15, -0.1) is 13.2 Å². The van der Waals surface area contributed by atoms with Crippen LogP contribution in [0.15, 0.2) is 48.9 Å². The van der Waals surface area contributed by atoms with Crippen molar-refractivity contribution in [2.24, 2.45) is 5.73 Å². The zero-order valence-electron chi connectivity index (χ0n) is 20.0. The van der Waals surface area contributed by atoms with Crippen LogP contribution in [0.1, 0.15) is 29.8 Å². The van der Waals surface area contributed by atoms with Crippen LogP contribution in [0.3, 0.4) is 0 Å². The average Bonchev–Trinajstić information content (AvgIpc) is 3.49. The Morgan fingerprint density at radius 3 is 2.51 bits per heavy atom. The molecule has 9 nitrogen and oxygen atoms in total. The van der Waals surface area contributed by atoms with Gasteiger partial charge in [0.2, 0.25) is 0 Å². The van der Waals surface area contributed by atoms with E-state index in [1.807, 2.05) is 0 Å². The van der Waals surface area contributed by atoms with Crippen LogP contribution in [0.5, 0.6) is 5.75 Å². The minimum Gasteiger partial charge on any atom is -0.404 e. The molecule has 1 aromatic carbocycles. The number of carbonyl (C=O) groups excluding carboxylic acids is 1. The van der Waals surface area contributed by atoms with E-state index >= 15 is 0 Å². The van der Waals surface area contributed by atoms with Crippen molar-refractivity contribution in [2.75, 3.05) is 10.6 Å². The van der Waals surface area contributed by atoms with Gasteiger partial charge in [0.05, 0.1) is 22.4 Å². The largest absolute Gasteiger partial charge is 0.573 e. The molecule has 0 saturated heterocycles.